The molecule has 5 nitrogen and oxygen atoms in total. The van der Waals surface area contributed by atoms with Crippen molar-refractivity contribution < 1.29 is 4.79 Å². The molecule has 6 heteroatoms. The van der Waals surface area contributed by atoms with Crippen molar-refractivity contribution in [2.24, 2.45) is 0 Å². The molecule has 3 rings (SSSR count). The van der Waals surface area contributed by atoms with Crippen LogP contribution >= 0.6 is 11.3 Å². The molecule has 1 aliphatic heterocycles. The average molecular weight is 302 g/mol. The van der Waals surface area contributed by atoms with E-state index in [-0.39, 0.29) is 11.9 Å². The molecule has 3 N–H and O–H groups in total. The molecular weight excluding hydrogens is 284 g/mol. The molecule has 0 saturated carbocycles. The summed E-state index contributed by atoms with van der Waals surface area (Å²) in [5, 5.41) is 5.41. The number of thiazole rings is 1. The van der Waals surface area contributed by atoms with Crippen LogP contribution in [0.3, 0.4) is 0 Å². The number of rotatable bonds is 4. The molecule has 1 unspecified atom stereocenters. The van der Waals surface area contributed by atoms with Gasteiger partial charge in [-0.3, -0.25) is 9.69 Å². The van der Waals surface area contributed by atoms with E-state index in [4.69, 9.17) is 5.73 Å². The van der Waals surface area contributed by atoms with Crippen LogP contribution in [0.25, 0.3) is 0 Å². The Morgan fingerprint density at radius 1 is 1.52 bits per heavy atom. The molecule has 1 aromatic carbocycles. The molecule has 2 heterocycles. The highest BCUT2D eigenvalue weighted by atomic mass is 32.1. The topological polar surface area (TPSA) is 71.2 Å². The molecule has 1 saturated heterocycles. The largest absolute Gasteiger partial charge is 0.399 e. The lowest BCUT2D eigenvalue weighted by Crippen LogP contribution is -2.39. The first-order chi connectivity index (χ1) is 10.2. The Hall–Kier alpha value is -1.92. The Balaban J connectivity index is 1.66. The van der Waals surface area contributed by atoms with Gasteiger partial charge in [-0.1, -0.05) is 12.1 Å². The number of hydrogen-bond acceptors (Lipinski definition) is 5. The molecule has 1 fully saturated rings. The number of nitrogens with two attached hydrogens (primary N) is 1. The van der Waals surface area contributed by atoms with Gasteiger partial charge >= 0.3 is 0 Å². The molecule has 0 spiro atoms. The van der Waals surface area contributed by atoms with Crippen molar-refractivity contribution in [3.05, 3.63) is 41.4 Å². The van der Waals surface area contributed by atoms with Crippen molar-refractivity contribution in [3.63, 3.8) is 0 Å². The van der Waals surface area contributed by atoms with Gasteiger partial charge in [0, 0.05) is 23.8 Å². The van der Waals surface area contributed by atoms with Gasteiger partial charge in [-0.05, 0) is 37.1 Å². The van der Waals surface area contributed by atoms with Gasteiger partial charge in [0.2, 0.25) is 5.91 Å². The number of hydrogen-bond donors (Lipinski definition) is 2. The van der Waals surface area contributed by atoms with E-state index in [0.717, 1.165) is 37.2 Å². The first-order valence-corrected chi connectivity index (χ1v) is 7.89. The van der Waals surface area contributed by atoms with Crippen molar-refractivity contribution >= 4 is 28.1 Å². The van der Waals surface area contributed by atoms with E-state index >= 15 is 0 Å². The molecule has 1 aromatic heterocycles. The summed E-state index contributed by atoms with van der Waals surface area (Å²) in [6.45, 7) is 1.69. The van der Waals surface area contributed by atoms with E-state index in [1.54, 1.807) is 6.20 Å². The zero-order valence-corrected chi connectivity index (χ0v) is 12.5. The van der Waals surface area contributed by atoms with Crippen molar-refractivity contribution in [1.29, 1.82) is 0 Å². The normalized spacial score (nSPS) is 18.8. The minimum Gasteiger partial charge on any atom is -0.399 e. The van der Waals surface area contributed by atoms with Crippen LogP contribution in [0, 0.1) is 0 Å². The maximum atomic E-state index is 12.4. The molecule has 0 aliphatic carbocycles. The van der Waals surface area contributed by atoms with E-state index in [9.17, 15) is 4.79 Å². The zero-order valence-electron chi connectivity index (χ0n) is 11.7. The maximum Gasteiger partial charge on any atom is 0.243 e. The lowest BCUT2D eigenvalue weighted by Gasteiger charge is -2.23. The highest BCUT2D eigenvalue weighted by Crippen LogP contribution is 2.22. The number of likely N-dealkylation sites (tertiary alicyclic amines) is 1. The first kappa shape index (κ1) is 14.0. The molecule has 2 aromatic rings. The molecule has 21 heavy (non-hydrogen) atoms. The second-order valence-corrected chi connectivity index (χ2v) is 6.09. The third kappa shape index (κ3) is 3.40. The van der Waals surface area contributed by atoms with E-state index in [1.165, 1.54) is 11.3 Å². The van der Waals surface area contributed by atoms with Crippen molar-refractivity contribution in [1.82, 2.24) is 9.88 Å². The summed E-state index contributed by atoms with van der Waals surface area (Å²) in [5.41, 5.74) is 7.72. The number of amides is 1. The standard InChI is InChI=1S/C15H18N4OS/c16-12-4-1-3-11(9-12)10-19-7-2-5-13(19)14(20)18-15-17-6-8-21-15/h1,3-4,6,8-9,13H,2,5,7,10,16H2,(H,17,18,20). The second-order valence-electron chi connectivity index (χ2n) is 5.20. The number of aromatic nitrogens is 1. The highest BCUT2D eigenvalue weighted by molar-refractivity contribution is 7.13. The predicted octanol–water partition coefficient (Wildman–Crippen LogP) is 2.33. The quantitative estimate of drug-likeness (QED) is 0.850. The van der Waals surface area contributed by atoms with Crippen LogP contribution < -0.4 is 11.1 Å². The first-order valence-electron chi connectivity index (χ1n) is 7.01. The van der Waals surface area contributed by atoms with Gasteiger partial charge in [-0.15, -0.1) is 11.3 Å². The summed E-state index contributed by atoms with van der Waals surface area (Å²) in [4.78, 5) is 18.7. The van der Waals surface area contributed by atoms with E-state index in [2.05, 4.69) is 15.2 Å². The molecule has 1 atom stereocenters. The number of carbonyl (C=O) groups is 1. The average Bonchev–Trinajstić information content (AvgIpc) is 3.10. The van der Waals surface area contributed by atoms with Gasteiger partial charge in [0.1, 0.15) is 0 Å². The Morgan fingerprint density at radius 2 is 2.43 bits per heavy atom. The number of nitrogens with zero attached hydrogens (tertiary/aromatic N) is 2. The van der Waals surface area contributed by atoms with Crippen LogP contribution in [0.1, 0.15) is 18.4 Å². The van der Waals surface area contributed by atoms with Gasteiger partial charge < -0.3 is 11.1 Å². The SMILES string of the molecule is Nc1cccc(CN2CCCC2C(=O)Nc2nccs2)c1. The molecule has 110 valence electrons. The van der Waals surface area contributed by atoms with Crippen LogP contribution in [0.4, 0.5) is 10.8 Å². The van der Waals surface area contributed by atoms with Gasteiger partial charge in [0.25, 0.3) is 0 Å². The zero-order chi connectivity index (χ0) is 14.7. The summed E-state index contributed by atoms with van der Waals surface area (Å²) in [6, 6.07) is 7.75. The summed E-state index contributed by atoms with van der Waals surface area (Å²) >= 11 is 1.44. The minimum atomic E-state index is -0.0877. The van der Waals surface area contributed by atoms with Gasteiger partial charge in [-0.25, -0.2) is 4.98 Å². The van der Waals surface area contributed by atoms with Crippen LogP contribution in [0.5, 0.6) is 0 Å². The fourth-order valence-electron chi connectivity index (χ4n) is 2.71. The van der Waals surface area contributed by atoms with Gasteiger partial charge in [0.05, 0.1) is 6.04 Å². The number of benzene rings is 1. The number of nitrogen functional groups attached to an aromatic ring is 1. The fraction of sp³-hybridized carbons (Fsp3) is 0.333. The number of nitrogens with one attached hydrogen (secondary N) is 1. The second kappa shape index (κ2) is 6.24. The summed E-state index contributed by atoms with van der Waals surface area (Å²) in [5.74, 6) is 0.0337. The molecule has 1 amide bonds. The Bertz CT molecular complexity index is 614. The third-order valence-corrected chi connectivity index (χ3v) is 4.35. The maximum absolute atomic E-state index is 12.4. The minimum absolute atomic E-state index is 0.0337. The van der Waals surface area contributed by atoms with Gasteiger partial charge in [0.15, 0.2) is 5.13 Å². The summed E-state index contributed by atoms with van der Waals surface area (Å²) in [6.07, 6.45) is 3.62. The molecular formula is C15H18N4OS. The smallest absolute Gasteiger partial charge is 0.243 e. The fourth-order valence-corrected chi connectivity index (χ4v) is 3.24. The van der Waals surface area contributed by atoms with Crippen molar-refractivity contribution in [2.75, 3.05) is 17.6 Å². The van der Waals surface area contributed by atoms with Crippen LogP contribution in [-0.4, -0.2) is 28.4 Å². The summed E-state index contributed by atoms with van der Waals surface area (Å²) in [7, 11) is 0. The predicted molar refractivity (Wildman–Crippen MR) is 85.0 cm³/mol. The van der Waals surface area contributed by atoms with Gasteiger partial charge in [-0.2, -0.15) is 0 Å². The molecule has 0 radical (unpaired) electrons. The van der Waals surface area contributed by atoms with Crippen LogP contribution in [0.2, 0.25) is 0 Å². The number of anilines is 2. The Labute approximate surface area is 127 Å². The molecule has 1 aliphatic rings. The van der Waals surface area contributed by atoms with E-state index < -0.39 is 0 Å². The Morgan fingerprint density at radius 3 is 3.19 bits per heavy atom. The van der Waals surface area contributed by atoms with Crippen LogP contribution in [0.15, 0.2) is 35.8 Å². The lowest BCUT2D eigenvalue weighted by molar-refractivity contribution is -0.120. The third-order valence-electron chi connectivity index (χ3n) is 3.67. The van der Waals surface area contributed by atoms with Crippen molar-refractivity contribution in [2.45, 2.75) is 25.4 Å². The lowest BCUT2D eigenvalue weighted by atomic mass is 10.1. The Kier molecular flexibility index (Phi) is 4.17. The summed E-state index contributed by atoms with van der Waals surface area (Å²) < 4.78 is 0. The highest BCUT2D eigenvalue weighted by Gasteiger charge is 2.30. The molecule has 0 bridgehead atoms. The van der Waals surface area contributed by atoms with Crippen LogP contribution in [-0.2, 0) is 11.3 Å². The van der Waals surface area contributed by atoms with E-state index in [0.29, 0.717) is 5.13 Å². The van der Waals surface area contributed by atoms with E-state index in [1.807, 2.05) is 29.6 Å². The number of carbonyl (C=O) groups excluding carboxylic acids is 1. The monoisotopic (exact) mass is 302 g/mol. The van der Waals surface area contributed by atoms with Crippen molar-refractivity contribution in [3.8, 4) is 0 Å².